The minimum Gasteiger partial charge on any atom is -0.374 e. The summed E-state index contributed by atoms with van der Waals surface area (Å²) in [7, 11) is 0. The van der Waals surface area contributed by atoms with E-state index < -0.39 is 0 Å². The van der Waals surface area contributed by atoms with Crippen LogP contribution in [0.5, 0.6) is 0 Å². The number of nitrogens with zero attached hydrogens (tertiary/aromatic N) is 1. The molecule has 2 rings (SSSR count). The Morgan fingerprint density at radius 2 is 1.94 bits per heavy atom. The van der Waals surface area contributed by atoms with Gasteiger partial charge in [-0.25, -0.2) is 8.78 Å². The molecule has 0 aliphatic carbocycles. The third kappa shape index (κ3) is 2.83. The number of nitrogens with one attached hydrogen (secondary N) is 1. The maximum Gasteiger partial charge on any atom is 0.146 e. The standard InChI is InChI=1S/C14H14F2N2/c1-2-12(14-8-7-10(15)9-17-14)18-13-6-4-3-5-11(13)16/h3-9,12,18H,2H2,1H3. The van der Waals surface area contributed by atoms with E-state index in [1.54, 1.807) is 24.3 Å². The molecule has 1 heterocycles. The molecule has 1 aromatic carbocycles. The zero-order valence-corrected chi connectivity index (χ0v) is 10.0. The molecule has 0 aliphatic rings. The molecule has 0 saturated carbocycles. The predicted octanol–water partition coefficient (Wildman–Crippen LogP) is 3.92. The number of halogens is 2. The Balaban J connectivity index is 2.20. The van der Waals surface area contributed by atoms with Gasteiger partial charge in [-0.05, 0) is 30.7 Å². The summed E-state index contributed by atoms with van der Waals surface area (Å²) in [6, 6.07) is 9.29. The molecule has 1 unspecified atom stereocenters. The highest BCUT2D eigenvalue weighted by Crippen LogP contribution is 2.22. The van der Waals surface area contributed by atoms with Gasteiger partial charge in [0.1, 0.15) is 11.6 Å². The topological polar surface area (TPSA) is 24.9 Å². The van der Waals surface area contributed by atoms with Crippen LogP contribution in [0, 0.1) is 11.6 Å². The molecule has 0 fully saturated rings. The van der Waals surface area contributed by atoms with Gasteiger partial charge in [-0.1, -0.05) is 19.1 Å². The first-order valence-electron chi connectivity index (χ1n) is 5.83. The number of hydrogen-bond acceptors (Lipinski definition) is 2. The van der Waals surface area contributed by atoms with Crippen LogP contribution in [0.4, 0.5) is 14.5 Å². The van der Waals surface area contributed by atoms with Crippen LogP contribution < -0.4 is 5.32 Å². The number of hydrogen-bond donors (Lipinski definition) is 1. The van der Waals surface area contributed by atoms with Crippen molar-refractivity contribution in [2.45, 2.75) is 19.4 Å². The first-order valence-corrected chi connectivity index (χ1v) is 5.83. The fourth-order valence-corrected chi connectivity index (χ4v) is 1.74. The summed E-state index contributed by atoms with van der Waals surface area (Å²) in [6.07, 6.45) is 1.90. The Hall–Kier alpha value is -1.97. The number of anilines is 1. The van der Waals surface area contributed by atoms with Gasteiger partial charge in [-0.3, -0.25) is 4.98 Å². The van der Waals surface area contributed by atoms with Crippen LogP contribution in [0.15, 0.2) is 42.6 Å². The quantitative estimate of drug-likeness (QED) is 0.887. The second-order valence-corrected chi connectivity index (χ2v) is 3.99. The molecule has 0 bridgehead atoms. The molecule has 4 heteroatoms. The Morgan fingerprint density at radius 3 is 2.56 bits per heavy atom. The monoisotopic (exact) mass is 248 g/mol. The van der Waals surface area contributed by atoms with Crippen molar-refractivity contribution in [3.63, 3.8) is 0 Å². The summed E-state index contributed by atoms with van der Waals surface area (Å²) >= 11 is 0. The summed E-state index contributed by atoms with van der Waals surface area (Å²) in [5.74, 6) is -0.683. The first kappa shape index (κ1) is 12.5. The summed E-state index contributed by atoms with van der Waals surface area (Å²) in [5.41, 5.74) is 1.12. The molecule has 0 amide bonds. The Labute approximate surface area is 105 Å². The van der Waals surface area contributed by atoms with Crippen molar-refractivity contribution in [2.24, 2.45) is 0 Å². The minimum absolute atomic E-state index is 0.137. The third-order valence-electron chi connectivity index (χ3n) is 2.72. The number of rotatable bonds is 4. The fourth-order valence-electron chi connectivity index (χ4n) is 1.74. The molecule has 1 aromatic heterocycles. The summed E-state index contributed by atoms with van der Waals surface area (Å²) in [6.45, 7) is 1.96. The largest absolute Gasteiger partial charge is 0.374 e. The van der Waals surface area contributed by atoms with Crippen LogP contribution >= 0.6 is 0 Å². The van der Waals surface area contributed by atoms with Crippen LogP contribution in [0.2, 0.25) is 0 Å². The van der Waals surface area contributed by atoms with E-state index in [-0.39, 0.29) is 17.7 Å². The molecule has 0 radical (unpaired) electrons. The summed E-state index contributed by atoms with van der Waals surface area (Å²) in [4.78, 5) is 4.02. The van der Waals surface area contributed by atoms with Gasteiger partial charge < -0.3 is 5.32 Å². The van der Waals surface area contributed by atoms with Crippen molar-refractivity contribution >= 4 is 5.69 Å². The van der Waals surface area contributed by atoms with E-state index in [9.17, 15) is 8.78 Å². The molecule has 18 heavy (non-hydrogen) atoms. The average molecular weight is 248 g/mol. The van der Waals surface area contributed by atoms with Gasteiger partial charge in [0.2, 0.25) is 0 Å². The average Bonchev–Trinajstić information content (AvgIpc) is 2.39. The van der Waals surface area contributed by atoms with Crippen molar-refractivity contribution in [1.29, 1.82) is 0 Å². The lowest BCUT2D eigenvalue weighted by molar-refractivity contribution is 0.609. The van der Waals surface area contributed by atoms with Crippen molar-refractivity contribution in [3.8, 4) is 0 Å². The molecular weight excluding hydrogens is 234 g/mol. The Bertz CT molecular complexity index is 511. The van der Waals surface area contributed by atoms with Crippen LogP contribution in [-0.4, -0.2) is 4.98 Å². The van der Waals surface area contributed by atoms with Crippen molar-refractivity contribution in [1.82, 2.24) is 4.98 Å². The predicted molar refractivity (Wildman–Crippen MR) is 67.2 cm³/mol. The van der Waals surface area contributed by atoms with Gasteiger partial charge in [-0.15, -0.1) is 0 Å². The van der Waals surface area contributed by atoms with Gasteiger partial charge in [0, 0.05) is 0 Å². The van der Waals surface area contributed by atoms with Crippen LogP contribution in [0.1, 0.15) is 25.1 Å². The Kier molecular flexibility index (Phi) is 3.87. The van der Waals surface area contributed by atoms with E-state index in [2.05, 4.69) is 10.3 Å². The van der Waals surface area contributed by atoms with E-state index in [1.807, 2.05) is 6.92 Å². The van der Waals surface area contributed by atoms with Crippen molar-refractivity contribution in [2.75, 3.05) is 5.32 Å². The number of benzene rings is 1. The lowest BCUT2D eigenvalue weighted by Gasteiger charge is -2.18. The van der Waals surface area contributed by atoms with E-state index in [1.165, 1.54) is 18.3 Å². The van der Waals surface area contributed by atoms with E-state index in [0.717, 1.165) is 6.42 Å². The summed E-state index contributed by atoms with van der Waals surface area (Å²) < 4.78 is 26.3. The van der Waals surface area contributed by atoms with Gasteiger partial charge in [-0.2, -0.15) is 0 Å². The third-order valence-corrected chi connectivity index (χ3v) is 2.72. The van der Waals surface area contributed by atoms with Crippen LogP contribution in [0.25, 0.3) is 0 Å². The minimum atomic E-state index is -0.375. The zero-order valence-electron chi connectivity index (χ0n) is 10.0. The molecule has 2 aromatic rings. The molecule has 0 saturated heterocycles. The lowest BCUT2D eigenvalue weighted by atomic mass is 10.1. The van der Waals surface area contributed by atoms with Crippen LogP contribution in [-0.2, 0) is 0 Å². The maximum absolute atomic E-state index is 13.5. The SMILES string of the molecule is CCC(Nc1ccccc1F)c1ccc(F)cn1. The van der Waals surface area contributed by atoms with Crippen molar-refractivity contribution < 1.29 is 8.78 Å². The molecule has 94 valence electrons. The molecule has 1 atom stereocenters. The van der Waals surface area contributed by atoms with Gasteiger partial charge in [0.05, 0.1) is 23.6 Å². The maximum atomic E-state index is 13.5. The fraction of sp³-hybridized carbons (Fsp3) is 0.214. The molecule has 1 N–H and O–H groups in total. The highest BCUT2D eigenvalue weighted by molar-refractivity contribution is 5.46. The summed E-state index contributed by atoms with van der Waals surface area (Å²) in [5, 5.41) is 3.07. The second-order valence-electron chi connectivity index (χ2n) is 3.99. The Morgan fingerprint density at radius 1 is 1.17 bits per heavy atom. The number of para-hydroxylation sites is 1. The second kappa shape index (κ2) is 5.58. The highest BCUT2D eigenvalue weighted by atomic mass is 19.1. The van der Waals surface area contributed by atoms with Gasteiger partial charge in [0.25, 0.3) is 0 Å². The van der Waals surface area contributed by atoms with Gasteiger partial charge in [0.15, 0.2) is 0 Å². The van der Waals surface area contributed by atoms with E-state index in [4.69, 9.17) is 0 Å². The number of aromatic nitrogens is 1. The van der Waals surface area contributed by atoms with Crippen LogP contribution in [0.3, 0.4) is 0 Å². The zero-order chi connectivity index (χ0) is 13.0. The van der Waals surface area contributed by atoms with E-state index >= 15 is 0 Å². The number of pyridine rings is 1. The van der Waals surface area contributed by atoms with Crippen molar-refractivity contribution in [3.05, 3.63) is 59.9 Å². The lowest BCUT2D eigenvalue weighted by Crippen LogP contribution is -2.12. The smallest absolute Gasteiger partial charge is 0.146 e. The molecule has 2 nitrogen and oxygen atoms in total. The first-order chi connectivity index (χ1) is 8.70. The molecule has 0 spiro atoms. The van der Waals surface area contributed by atoms with E-state index in [0.29, 0.717) is 11.4 Å². The molecule has 0 aliphatic heterocycles. The molecular formula is C14H14F2N2. The van der Waals surface area contributed by atoms with Gasteiger partial charge >= 0.3 is 0 Å². The normalized spacial score (nSPS) is 12.2. The highest BCUT2D eigenvalue weighted by Gasteiger charge is 2.12.